The third-order valence-corrected chi connectivity index (χ3v) is 4.88. The van der Waals surface area contributed by atoms with Gasteiger partial charge in [0.25, 0.3) is 0 Å². The highest BCUT2D eigenvalue weighted by Gasteiger charge is 2.21. The molecular formula is C20H29N5O. The van der Waals surface area contributed by atoms with Gasteiger partial charge in [0.05, 0.1) is 6.54 Å². The number of hydrogen-bond acceptors (Lipinski definition) is 4. The molecule has 6 nitrogen and oxygen atoms in total. The first kappa shape index (κ1) is 18.5. The predicted molar refractivity (Wildman–Crippen MR) is 105 cm³/mol. The van der Waals surface area contributed by atoms with E-state index in [9.17, 15) is 0 Å². The van der Waals surface area contributed by atoms with Crippen molar-refractivity contribution in [2.24, 2.45) is 4.99 Å². The fraction of sp³-hybridized carbons (Fsp3) is 0.500. The first-order valence-corrected chi connectivity index (χ1v) is 9.38. The van der Waals surface area contributed by atoms with Gasteiger partial charge < -0.3 is 20.1 Å². The van der Waals surface area contributed by atoms with Crippen LogP contribution < -0.4 is 10.6 Å². The average molecular weight is 355 g/mol. The van der Waals surface area contributed by atoms with Crippen LogP contribution in [0.4, 0.5) is 0 Å². The summed E-state index contributed by atoms with van der Waals surface area (Å²) < 4.78 is 5.44. The third kappa shape index (κ3) is 4.85. The fourth-order valence-corrected chi connectivity index (χ4v) is 3.26. The minimum Gasteiger partial charge on any atom is -0.359 e. The molecule has 3 rings (SSSR count). The van der Waals surface area contributed by atoms with Crippen LogP contribution in [0.1, 0.15) is 32.4 Å². The molecule has 0 saturated carbocycles. The van der Waals surface area contributed by atoms with E-state index in [4.69, 9.17) is 4.52 Å². The molecule has 0 bridgehead atoms. The van der Waals surface area contributed by atoms with E-state index < -0.39 is 0 Å². The van der Waals surface area contributed by atoms with Gasteiger partial charge in [0.15, 0.2) is 11.7 Å². The van der Waals surface area contributed by atoms with Crippen molar-refractivity contribution in [1.82, 2.24) is 20.7 Å². The Labute approximate surface area is 155 Å². The second-order valence-corrected chi connectivity index (χ2v) is 7.02. The quantitative estimate of drug-likeness (QED) is 0.638. The maximum absolute atomic E-state index is 5.44. The zero-order valence-electron chi connectivity index (χ0n) is 15.9. The summed E-state index contributed by atoms with van der Waals surface area (Å²) in [4.78, 5) is 6.86. The number of aliphatic imine (C=N–C) groups is 1. The molecule has 1 fully saturated rings. The number of likely N-dealkylation sites (tertiary alicyclic amines) is 1. The van der Waals surface area contributed by atoms with Gasteiger partial charge in [-0.15, -0.1) is 0 Å². The van der Waals surface area contributed by atoms with Crippen LogP contribution in [0, 0.1) is 0 Å². The number of guanidine groups is 1. The maximum atomic E-state index is 5.44. The van der Waals surface area contributed by atoms with Crippen molar-refractivity contribution in [3.05, 3.63) is 42.2 Å². The van der Waals surface area contributed by atoms with E-state index in [1.54, 1.807) is 7.05 Å². The zero-order chi connectivity index (χ0) is 18.4. The second-order valence-electron chi connectivity index (χ2n) is 7.02. The SMILES string of the molecule is CN=C(NCc1cc(-c2ccccc2)no1)NC1CCN(C(C)C)CC1. The molecular weight excluding hydrogens is 326 g/mol. The molecule has 2 aromatic rings. The monoisotopic (exact) mass is 355 g/mol. The summed E-state index contributed by atoms with van der Waals surface area (Å²) in [5, 5.41) is 11.0. The van der Waals surface area contributed by atoms with Crippen molar-refractivity contribution in [3.63, 3.8) is 0 Å². The number of nitrogens with one attached hydrogen (secondary N) is 2. The normalized spacial score (nSPS) is 16.8. The van der Waals surface area contributed by atoms with E-state index in [-0.39, 0.29) is 0 Å². The molecule has 0 unspecified atom stereocenters. The van der Waals surface area contributed by atoms with E-state index in [0.717, 1.165) is 48.9 Å². The lowest BCUT2D eigenvalue weighted by atomic mass is 10.0. The molecule has 0 amide bonds. The summed E-state index contributed by atoms with van der Waals surface area (Å²) in [6.45, 7) is 7.35. The van der Waals surface area contributed by atoms with Gasteiger partial charge in [0, 0.05) is 43.9 Å². The molecule has 1 aliphatic rings. The van der Waals surface area contributed by atoms with Crippen LogP contribution in [0.15, 0.2) is 45.9 Å². The molecule has 0 aliphatic carbocycles. The first-order chi connectivity index (χ1) is 12.7. The Morgan fingerprint density at radius 2 is 2.00 bits per heavy atom. The smallest absolute Gasteiger partial charge is 0.191 e. The average Bonchev–Trinajstić information content (AvgIpc) is 3.15. The third-order valence-electron chi connectivity index (χ3n) is 4.88. The number of hydrogen-bond donors (Lipinski definition) is 2. The standard InChI is InChI=1S/C20H29N5O/c1-15(2)25-11-9-17(10-12-25)23-20(21-3)22-14-18-13-19(24-26-18)16-7-5-4-6-8-16/h4-8,13,15,17H,9-12,14H2,1-3H3,(H2,21,22,23). The van der Waals surface area contributed by atoms with Crippen molar-refractivity contribution in [3.8, 4) is 11.3 Å². The molecule has 1 aliphatic heterocycles. The number of rotatable bonds is 5. The van der Waals surface area contributed by atoms with Crippen LogP contribution in [0.5, 0.6) is 0 Å². The van der Waals surface area contributed by atoms with Crippen LogP contribution in [0.25, 0.3) is 11.3 Å². The maximum Gasteiger partial charge on any atom is 0.191 e. The Bertz CT molecular complexity index is 702. The van der Waals surface area contributed by atoms with Gasteiger partial charge >= 0.3 is 0 Å². The van der Waals surface area contributed by atoms with Crippen LogP contribution in [-0.4, -0.2) is 48.2 Å². The number of nitrogens with zero attached hydrogens (tertiary/aromatic N) is 3. The topological polar surface area (TPSA) is 65.7 Å². The van der Waals surface area contributed by atoms with Crippen molar-refractivity contribution < 1.29 is 4.52 Å². The number of benzene rings is 1. The molecule has 2 heterocycles. The summed E-state index contributed by atoms with van der Waals surface area (Å²) in [5.74, 6) is 1.60. The van der Waals surface area contributed by atoms with E-state index in [1.807, 2.05) is 36.4 Å². The Balaban J connectivity index is 1.48. The van der Waals surface area contributed by atoms with E-state index >= 15 is 0 Å². The lowest BCUT2D eigenvalue weighted by Gasteiger charge is -2.35. The molecule has 26 heavy (non-hydrogen) atoms. The summed E-state index contributed by atoms with van der Waals surface area (Å²) in [6.07, 6.45) is 2.28. The minimum absolute atomic E-state index is 0.464. The second kappa shape index (κ2) is 8.85. The molecule has 1 saturated heterocycles. The van der Waals surface area contributed by atoms with E-state index in [0.29, 0.717) is 18.6 Å². The molecule has 0 radical (unpaired) electrons. The number of piperidine rings is 1. The van der Waals surface area contributed by atoms with Gasteiger partial charge in [-0.05, 0) is 26.7 Å². The Morgan fingerprint density at radius 1 is 1.27 bits per heavy atom. The largest absolute Gasteiger partial charge is 0.359 e. The highest BCUT2D eigenvalue weighted by molar-refractivity contribution is 5.79. The van der Waals surface area contributed by atoms with Gasteiger partial charge in [0.1, 0.15) is 5.69 Å². The Morgan fingerprint density at radius 3 is 2.65 bits per heavy atom. The van der Waals surface area contributed by atoms with E-state index in [1.165, 1.54) is 0 Å². The van der Waals surface area contributed by atoms with Crippen molar-refractivity contribution in [1.29, 1.82) is 0 Å². The lowest BCUT2D eigenvalue weighted by Crippen LogP contribution is -2.49. The molecule has 1 aromatic heterocycles. The van der Waals surface area contributed by atoms with Gasteiger partial charge in [-0.2, -0.15) is 0 Å². The highest BCUT2D eigenvalue weighted by Crippen LogP contribution is 2.18. The molecule has 1 aromatic carbocycles. The van der Waals surface area contributed by atoms with Crippen molar-refractivity contribution >= 4 is 5.96 Å². The van der Waals surface area contributed by atoms with Crippen molar-refractivity contribution in [2.45, 2.75) is 45.3 Å². The Hall–Kier alpha value is -2.34. The summed E-state index contributed by atoms with van der Waals surface area (Å²) in [5.41, 5.74) is 1.91. The summed E-state index contributed by atoms with van der Waals surface area (Å²) in [7, 11) is 1.80. The lowest BCUT2D eigenvalue weighted by molar-refractivity contribution is 0.167. The predicted octanol–water partition coefficient (Wildman–Crippen LogP) is 2.88. The van der Waals surface area contributed by atoms with E-state index in [2.05, 4.69) is 39.5 Å². The van der Waals surface area contributed by atoms with Crippen LogP contribution in [0.3, 0.4) is 0 Å². The molecule has 2 N–H and O–H groups in total. The first-order valence-electron chi connectivity index (χ1n) is 9.38. The van der Waals surface area contributed by atoms with Crippen LogP contribution in [-0.2, 0) is 6.54 Å². The van der Waals surface area contributed by atoms with Crippen LogP contribution in [0.2, 0.25) is 0 Å². The van der Waals surface area contributed by atoms with Gasteiger partial charge in [-0.25, -0.2) is 0 Å². The van der Waals surface area contributed by atoms with Gasteiger partial charge in [-0.1, -0.05) is 35.5 Å². The minimum atomic E-state index is 0.464. The highest BCUT2D eigenvalue weighted by atomic mass is 16.5. The van der Waals surface area contributed by atoms with Gasteiger partial charge in [-0.3, -0.25) is 4.99 Å². The summed E-state index contributed by atoms with van der Waals surface area (Å²) in [6, 6.07) is 13.1. The zero-order valence-corrected chi connectivity index (χ0v) is 15.9. The van der Waals surface area contributed by atoms with Gasteiger partial charge in [0.2, 0.25) is 0 Å². The van der Waals surface area contributed by atoms with Crippen LogP contribution >= 0.6 is 0 Å². The summed E-state index contributed by atoms with van der Waals surface area (Å²) >= 11 is 0. The molecule has 0 atom stereocenters. The molecule has 6 heteroatoms. The van der Waals surface area contributed by atoms with Crippen molar-refractivity contribution in [2.75, 3.05) is 20.1 Å². The fourth-order valence-electron chi connectivity index (χ4n) is 3.26. The molecule has 0 spiro atoms. The Kier molecular flexibility index (Phi) is 6.28. The number of aromatic nitrogens is 1. The molecule has 140 valence electrons.